The van der Waals surface area contributed by atoms with Crippen molar-refractivity contribution in [3.63, 3.8) is 0 Å². The van der Waals surface area contributed by atoms with Crippen LogP contribution < -0.4 is 0 Å². The Labute approximate surface area is 99.2 Å². The molecule has 0 amide bonds. The van der Waals surface area contributed by atoms with Crippen LogP contribution in [0, 0.1) is 0 Å². The number of hydrogen-bond donors (Lipinski definition) is 0. The Hall–Kier alpha value is -1.68. The Kier molecular flexibility index (Phi) is 2.65. The summed E-state index contributed by atoms with van der Waals surface area (Å²) in [6.45, 7) is 0.859. The van der Waals surface area contributed by atoms with Gasteiger partial charge >= 0.3 is 0 Å². The van der Waals surface area contributed by atoms with Crippen LogP contribution in [0.3, 0.4) is 0 Å². The lowest BCUT2D eigenvalue weighted by atomic mass is 10.1. The zero-order valence-electron chi connectivity index (χ0n) is 9.50. The maximum Gasteiger partial charge on any atom is 0.153 e. The summed E-state index contributed by atoms with van der Waals surface area (Å²) in [7, 11) is 0. The maximum atomic E-state index is 10.9. The highest BCUT2D eigenvalue weighted by Crippen LogP contribution is 2.18. The number of hydrogen-bond acceptors (Lipinski definition) is 3. The van der Waals surface area contributed by atoms with E-state index >= 15 is 0 Å². The third-order valence-corrected chi connectivity index (χ3v) is 3.15. The average Bonchev–Trinajstić information content (AvgIpc) is 2.97. The van der Waals surface area contributed by atoms with Crippen LogP contribution in [0.15, 0.2) is 24.5 Å². The molecule has 17 heavy (non-hydrogen) atoms. The molecule has 1 fully saturated rings. The first-order valence-corrected chi connectivity index (χ1v) is 5.90. The predicted molar refractivity (Wildman–Crippen MR) is 63.3 cm³/mol. The summed E-state index contributed by atoms with van der Waals surface area (Å²) in [5.41, 5.74) is 2.35. The maximum absolute atomic E-state index is 10.9. The fraction of sp³-hybridized carbons (Fsp3) is 0.385. The summed E-state index contributed by atoms with van der Waals surface area (Å²) < 4.78 is 7.49. The largest absolute Gasteiger partial charge is 0.378 e. The van der Waals surface area contributed by atoms with Gasteiger partial charge in [0.15, 0.2) is 6.29 Å². The molecule has 0 bridgehead atoms. The Morgan fingerprint density at radius 3 is 3.29 bits per heavy atom. The topological polar surface area (TPSA) is 43.6 Å². The second kappa shape index (κ2) is 4.30. The molecule has 0 aromatic carbocycles. The summed E-state index contributed by atoms with van der Waals surface area (Å²) >= 11 is 0. The molecule has 0 radical (unpaired) electrons. The van der Waals surface area contributed by atoms with Gasteiger partial charge in [-0.15, -0.1) is 0 Å². The average molecular weight is 230 g/mol. The molecule has 1 unspecified atom stereocenters. The van der Waals surface area contributed by atoms with Gasteiger partial charge < -0.3 is 9.14 Å². The Morgan fingerprint density at radius 1 is 1.59 bits per heavy atom. The van der Waals surface area contributed by atoms with Crippen molar-refractivity contribution in [1.82, 2.24) is 9.38 Å². The normalized spacial score (nSPS) is 19.9. The molecular weight excluding hydrogens is 216 g/mol. The molecule has 1 aliphatic heterocycles. The van der Waals surface area contributed by atoms with E-state index in [-0.39, 0.29) is 0 Å². The lowest BCUT2D eigenvalue weighted by molar-refractivity contribution is 0.111. The monoisotopic (exact) mass is 230 g/mol. The number of imidazole rings is 1. The molecule has 4 nitrogen and oxygen atoms in total. The van der Waals surface area contributed by atoms with Gasteiger partial charge in [-0.05, 0) is 25.0 Å². The van der Waals surface area contributed by atoms with Gasteiger partial charge in [-0.3, -0.25) is 4.79 Å². The zero-order valence-corrected chi connectivity index (χ0v) is 9.50. The highest BCUT2D eigenvalue weighted by molar-refractivity contribution is 5.84. The molecule has 4 heteroatoms. The van der Waals surface area contributed by atoms with Crippen molar-refractivity contribution in [2.75, 3.05) is 6.61 Å². The summed E-state index contributed by atoms with van der Waals surface area (Å²) in [5.74, 6) is 0. The van der Waals surface area contributed by atoms with Crippen LogP contribution in [0.4, 0.5) is 0 Å². The van der Waals surface area contributed by atoms with E-state index in [1.165, 1.54) is 0 Å². The van der Waals surface area contributed by atoms with Crippen molar-refractivity contribution in [1.29, 1.82) is 0 Å². The van der Waals surface area contributed by atoms with Gasteiger partial charge in [0, 0.05) is 25.4 Å². The van der Waals surface area contributed by atoms with Gasteiger partial charge in [0.05, 0.1) is 17.4 Å². The first kappa shape index (κ1) is 10.5. The molecular formula is C13H14N2O2. The van der Waals surface area contributed by atoms with E-state index in [0.717, 1.165) is 43.5 Å². The van der Waals surface area contributed by atoms with E-state index in [0.29, 0.717) is 11.7 Å². The molecule has 1 atom stereocenters. The summed E-state index contributed by atoms with van der Waals surface area (Å²) in [6, 6.07) is 3.64. The SMILES string of the molecule is O=Cc1cccn2cc(CC3CCCO3)nc12. The lowest BCUT2D eigenvalue weighted by Gasteiger charge is -2.05. The molecule has 0 aliphatic carbocycles. The highest BCUT2D eigenvalue weighted by atomic mass is 16.5. The fourth-order valence-corrected chi connectivity index (χ4v) is 2.31. The van der Waals surface area contributed by atoms with Crippen LogP contribution in [0.2, 0.25) is 0 Å². The summed E-state index contributed by atoms with van der Waals surface area (Å²) in [4.78, 5) is 15.4. The molecule has 2 aromatic heterocycles. The number of pyridine rings is 1. The molecule has 2 aromatic rings. The van der Waals surface area contributed by atoms with Crippen molar-refractivity contribution >= 4 is 11.9 Å². The first-order chi connectivity index (χ1) is 8.36. The van der Waals surface area contributed by atoms with Crippen molar-refractivity contribution in [2.24, 2.45) is 0 Å². The van der Waals surface area contributed by atoms with E-state index in [2.05, 4.69) is 4.98 Å². The molecule has 1 aliphatic rings. The van der Waals surface area contributed by atoms with Crippen LogP contribution >= 0.6 is 0 Å². The van der Waals surface area contributed by atoms with E-state index in [1.807, 2.05) is 22.9 Å². The predicted octanol–water partition coefficient (Wildman–Crippen LogP) is 1.87. The van der Waals surface area contributed by atoms with Gasteiger partial charge in [0.25, 0.3) is 0 Å². The second-order valence-electron chi connectivity index (χ2n) is 4.38. The number of aldehydes is 1. The van der Waals surface area contributed by atoms with E-state index in [4.69, 9.17) is 4.74 Å². The number of nitrogens with zero attached hydrogens (tertiary/aromatic N) is 2. The van der Waals surface area contributed by atoms with E-state index < -0.39 is 0 Å². The van der Waals surface area contributed by atoms with Crippen molar-refractivity contribution in [3.8, 4) is 0 Å². The molecule has 0 N–H and O–H groups in total. The van der Waals surface area contributed by atoms with Crippen LogP contribution in [-0.2, 0) is 11.2 Å². The number of ether oxygens (including phenoxy) is 1. The number of carbonyl (C=O) groups excluding carboxylic acids is 1. The van der Waals surface area contributed by atoms with Gasteiger partial charge in [-0.1, -0.05) is 0 Å². The Balaban J connectivity index is 1.92. The summed E-state index contributed by atoms with van der Waals surface area (Å²) in [5, 5.41) is 0. The minimum Gasteiger partial charge on any atom is -0.378 e. The molecule has 3 heterocycles. The van der Waals surface area contributed by atoms with Gasteiger partial charge in [-0.2, -0.15) is 0 Å². The number of aromatic nitrogens is 2. The molecule has 1 saturated heterocycles. The second-order valence-corrected chi connectivity index (χ2v) is 4.38. The van der Waals surface area contributed by atoms with Crippen molar-refractivity contribution < 1.29 is 9.53 Å². The quantitative estimate of drug-likeness (QED) is 0.756. The van der Waals surface area contributed by atoms with E-state index in [9.17, 15) is 4.79 Å². The van der Waals surface area contributed by atoms with Crippen molar-refractivity contribution in [3.05, 3.63) is 35.8 Å². The van der Waals surface area contributed by atoms with E-state index in [1.54, 1.807) is 6.07 Å². The first-order valence-electron chi connectivity index (χ1n) is 5.90. The molecule has 3 rings (SSSR count). The highest BCUT2D eigenvalue weighted by Gasteiger charge is 2.17. The van der Waals surface area contributed by atoms with Gasteiger partial charge in [-0.25, -0.2) is 4.98 Å². The molecule has 0 saturated carbocycles. The lowest BCUT2D eigenvalue weighted by Crippen LogP contribution is -2.08. The third kappa shape index (κ3) is 1.96. The van der Waals surface area contributed by atoms with Crippen LogP contribution in [0.25, 0.3) is 5.65 Å². The standard InChI is InChI=1S/C13H14N2O2/c16-9-10-3-1-5-15-8-11(14-13(10)15)7-12-4-2-6-17-12/h1,3,5,8-9,12H,2,4,6-7H2. The molecule has 0 spiro atoms. The van der Waals surface area contributed by atoms with Crippen molar-refractivity contribution in [2.45, 2.75) is 25.4 Å². The Morgan fingerprint density at radius 2 is 2.53 bits per heavy atom. The number of carbonyl (C=O) groups is 1. The minimum absolute atomic E-state index is 0.291. The van der Waals surface area contributed by atoms with Crippen LogP contribution in [-0.4, -0.2) is 28.4 Å². The number of rotatable bonds is 3. The van der Waals surface area contributed by atoms with Gasteiger partial charge in [0.2, 0.25) is 0 Å². The zero-order chi connectivity index (χ0) is 11.7. The molecule has 88 valence electrons. The van der Waals surface area contributed by atoms with Crippen LogP contribution in [0.1, 0.15) is 28.9 Å². The smallest absolute Gasteiger partial charge is 0.153 e. The Bertz CT molecular complexity index is 541. The fourth-order valence-electron chi connectivity index (χ4n) is 2.31. The summed E-state index contributed by atoms with van der Waals surface area (Å²) in [6.07, 6.45) is 8.10. The van der Waals surface area contributed by atoms with Gasteiger partial charge in [0.1, 0.15) is 5.65 Å². The third-order valence-electron chi connectivity index (χ3n) is 3.15. The van der Waals surface area contributed by atoms with Crippen LogP contribution in [0.5, 0.6) is 0 Å². The number of fused-ring (bicyclic) bond motifs is 1. The minimum atomic E-state index is 0.291.